The summed E-state index contributed by atoms with van der Waals surface area (Å²) in [4.78, 5) is 23.2. The number of nitro benzene ring substituents is 1. The van der Waals surface area contributed by atoms with Gasteiger partial charge >= 0.3 is 5.69 Å². The van der Waals surface area contributed by atoms with Crippen molar-refractivity contribution in [2.45, 2.75) is 43.0 Å². The van der Waals surface area contributed by atoms with Crippen LogP contribution in [0.1, 0.15) is 42.9 Å². The van der Waals surface area contributed by atoms with Crippen molar-refractivity contribution in [3.63, 3.8) is 0 Å². The Morgan fingerprint density at radius 1 is 1.16 bits per heavy atom. The van der Waals surface area contributed by atoms with E-state index in [1.165, 1.54) is 22.0 Å². The molecule has 9 nitrogen and oxygen atoms in total. The van der Waals surface area contributed by atoms with Gasteiger partial charge in [0, 0.05) is 19.2 Å². The highest BCUT2D eigenvalue weighted by Gasteiger charge is 2.30. The van der Waals surface area contributed by atoms with E-state index in [4.69, 9.17) is 4.74 Å². The quantitative estimate of drug-likeness (QED) is 0.502. The van der Waals surface area contributed by atoms with Gasteiger partial charge in [-0.15, -0.1) is 0 Å². The zero-order valence-electron chi connectivity index (χ0n) is 17.5. The first-order valence-corrected chi connectivity index (χ1v) is 12.1. The number of nitro groups is 1. The van der Waals surface area contributed by atoms with Crippen LogP contribution in [0.5, 0.6) is 5.75 Å². The topological polar surface area (TPSA) is 119 Å². The Labute approximate surface area is 186 Å². The second-order valence-corrected chi connectivity index (χ2v) is 9.94. The predicted octanol–water partition coefficient (Wildman–Crippen LogP) is 2.95. The normalized spacial score (nSPS) is 18.7. The molecule has 0 spiro atoms. The van der Waals surface area contributed by atoms with Gasteiger partial charge in [-0.25, -0.2) is 8.42 Å². The third kappa shape index (κ3) is 4.61. The first-order chi connectivity index (χ1) is 15.4. The molecular weight excluding hydrogens is 434 g/mol. The SMILES string of the molecule is O=C(COc1ccc(S(=O)(=O)N2CCCC2)cc1[N+](=O)[O-])NC1CCCc2ccccc21. The standard InChI is InChI=1S/C22H25N3O6S/c26-22(23-19-9-5-7-16-6-1-2-8-18(16)19)15-31-21-11-10-17(14-20(21)25(27)28)32(29,30)24-12-3-4-13-24/h1-2,6,8,10-11,14,19H,3-5,7,9,12-13,15H2,(H,23,26). The van der Waals surface area contributed by atoms with E-state index in [0.29, 0.717) is 13.1 Å². The van der Waals surface area contributed by atoms with Crippen LogP contribution >= 0.6 is 0 Å². The molecule has 1 aliphatic heterocycles. The summed E-state index contributed by atoms with van der Waals surface area (Å²) in [6.07, 6.45) is 4.28. The maximum Gasteiger partial charge on any atom is 0.312 e. The molecule has 2 aliphatic rings. The van der Waals surface area contributed by atoms with Crippen LogP contribution in [0.25, 0.3) is 0 Å². The van der Waals surface area contributed by atoms with E-state index >= 15 is 0 Å². The fraction of sp³-hybridized carbons (Fsp3) is 0.409. The fourth-order valence-electron chi connectivity index (χ4n) is 4.28. The summed E-state index contributed by atoms with van der Waals surface area (Å²) in [7, 11) is -3.80. The van der Waals surface area contributed by atoms with Gasteiger partial charge in [0.15, 0.2) is 12.4 Å². The number of carbonyl (C=O) groups is 1. The maximum atomic E-state index is 12.7. The number of hydrogen-bond acceptors (Lipinski definition) is 6. The Balaban J connectivity index is 1.45. The highest BCUT2D eigenvalue weighted by Crippen LogP contribution is 2.32. The monoisotopic (exact) mass is 459 g/mol. The fourth-order valence-corrected chi connectivity index (χ4v) is 5.82. The summed E-state index contributed by atoms with van der Waals surface area (Å²) in [5.74, 6) is -0.538. The summed E-state index contributed by atoms with van der Waals surface area (Å²) in [6, 6.07) is 11.3. The zero-order chi connectivity index (χ0) is 22.7. The van der Waals surface area contributed by atoms with Crippen molar-refractivity contribution in [3.05, 3.63) is 63.7 Å². The molecule has 1 N–H and O–H groups in total. The molecule has 0 saturated carbocycles. The van der Waals surface area contributed by atoms with Gasteiger partial charge in [-0.3, -0.25) is 14.9 Å². The maximum absolute atomic E-state index is 12.7. The molecule has 1 amide bonds. The van der Waals surface area contributed by atoms with Crippen LogP contribution in [0.3, 0.4) is 0 Å². The lowest BCUT2D eigenvalue weighted by atomic mass is 9.88. The summed E-state index contributed by atoms with van der Waals surface area (Å²) >= 11 is 0. The first kappa shape index (κ1) is 22.2. The van der Waals surface area contributed by atoms with Gasteiger partial charge in [-0.2, -0.15) is 4.31 Å². The number of carbonyl (C=O) groups excluding carboxylic acids is 1. The van der Waals surface area contributed by atoms with Crippen LogP contribution in [0.2, 0.25) is 0 Å². The van der Waals surface area contributed by atoms with Crippen LogP contribution < -0.4 is 10.1 Å². The van der Waals surface area contributed by atoms with Crippen molar-refractivity contribution in [2.24, 2.45) is 0 Å². The van der Waals surface area contributed by atoms with Crippen molar-refractivity contribution in [1.82, 2.24) is 9.62 Å². The Kier molecular flexibility index (Phi) is 6.43. The Morgan fingerprint density at radius 3 is 2.66 bits per heavy atom. The molecule has 1 saturated heterocycles. The number of nitrogens with zero attached hydrogens (tertiary/aromatic N) is 2. The Hall–Kier alpha value is -2.98. The molecule has 0 radical (unpaired) electrons. The van der Waals surface area contributed by atoms with E-state index in [1.54, 1.807) is 0 Å². The van der Waals surface area contributed by atoms with Crippen molar-refractivity contribution >= 4 is 21.6 Å². The number of benzene rings is 2. The molecule has 1 aliphatic carbocycles. The minimum atomic E-state index is -3.80. The van der Waals surface area contributed by atoms with E-state index in [-0.39, 0.29) is 16.7 Å². The number of rotatable bonds is 7. The second kappa shape index (κ2) is 9.25. The van der Waals surface area contributed by atoms with Gasteiger partial charge in [-0.05, 0) is 55.4 Å². The molecule has 2 aromatic carbocycles. The van der Waals surface area contributed by atoms with Crippen LogP contribution in [-0.2, 0) is 21.2 Å². The van der Waals surface area contributed by atoms with Crippen LogP contribution in [0.4, 0.5) is 5.69 Å². The molecule has 0 bridgehead atoms. The second-order valence-electron chi connectivity index (χ2n) is 8.00. The Morgan fingerprint density at radius 2 is 1.91 bits per heavy atom. The minimum absolute atomic E-state index is 0.126. The summed E-state index contributed by atoms with van der Waals surface area (Å²) < 4.78 is 32.2. The summed E-state index contributed by atoms with van der Waals surface area (Å²) in [6.45, 7) is 0.398. The molecular formula is C22H25N3O6S. The largest absolute Gasteiger partial charge is 0.477 e. The van der Waals surface area contributed by atoms with E-state index in [0.717, 1.165) is 43.7 Å². The molecule has 4 rings (SSSR count). The highest BCUT2D eigenvalue weighted by atomic mass is 32.2. The number of aryl methyl sites for hydroxylation is 1. The lowest BCUT2D eigenvalue weighted by molar-refractivity contribution is -0.386. The molecule has 10 heteroatoms. The molecule has 1 heterocycles. The smallest absolute Gasteiger partial charge is 0.312 e. The van der Waals surface area contributed by atoms with E-state index < -0.39 is 33.1 Å². The van der Waals surface area contributed by atoms with Gasteiger partial charge in [0.05, 0.1) is 15.9 Å². The Bertz CT molecular complexity index is 1130. The lowest BCUT2D eigenvalue weighted by Crippen LogP contribution is -2.34. The molecule has 2 aromatic rings. The first-order valence-electron chi connectivity index (χ1n) is 10.6. The van der Waals surface area contributed by atoms with Crippen LogP contribution in [0.15, 0.2) is 47.4 Å². The van der Waals surface area contributed by atoms with Gasteiger partial charge in [-0.1, -0.05) is 24.3 Å². The van der Waals surface area contributed by atoms with Crippen molar-refractivity contribution in [2.75, 3.05) is 19.7 Å². The van der Waals surface area contributed by atoms with Gasteiger partial charge in [0.1, 0.15) is 0 Å². The number of sulfonamides is 1. The third-order valence-corrected chi connectivity index (χ3v) is 7.79. The number of amides is 1. The average molecular weight is 460 g/mol. The van der Waals surface area contributed by atoms with Crippen molar-refractivity contribution < 1.29 is 22.9 Å². The average Bonchev–Trinajstić information content (AvgIpc) is 3.34. The highest BCUT2D eigenvalue weighted by molar-refractivity contribution is 7.89. The number of ether oxygens (including phenoxy) is 1. The molecule has 1 fully saturated rings. The molecule has 1 atom stereocenters. The van der Waals surface area contributed by atoms with Crippen LogP contribution in [0, 0.1) is 10.1 Å². The number of hydrogen-bond donors (Lipinski definition) is 1. The minimum Gasteiger partial charge on any atom is -0.477 e. The van der Waals surface area contributed by atoms with E-state index in [9.17, 15) is 23.3 Å². The summed E-state index contributed by atoms with van der Waals surface area (Å²) in [5.41, 5.74) is 1.80. The zero-order valence-corrected chi connectivity index (χ0v) is 18.3. The molecule has 170 valence electrons. The molecule has 32 heavy (non-hydrogen) atoms. The lowest BCUT2D eigenvalue weighted by Gasteiger charge is -2.26. The van der Waals surface area contributed by atoms with Crippen molar-refractivity contribution in [1.29, 1.82) is 0 Å². The van der Waals surface area contributed by atoms with Crippen molar-refractivity contribution in [3.8, 4) is 5.75 Å². The predicted molar refractivity (Wildman–Crippen MR) is 117 cm³/mol. The number of fused-ring (bicyclic) bond motifs is 1. The molecule has 1 unspecified atom stereocenters. The van der Waals surface area contributed by atoms with E-state index in [1.807, 2.05) is 24.3 Å². The van der Waals surface area contributed by atoms with E-state index in [2.05, 4.69) is 5.32 Å². The van der Waals surface area contributed by atoms with Gasteiger partial charge in [0.2, 0.25) is 10.0 Å². The van der Waals surface area contributed by atoms with Crippen LogP contribution in [-0.4, -0.2) is 43.2 Å². The summed E-state index contributed by atoms with van der Waals surface area (Å²) in [5, 5.41) is 14.5. The third-order valence-electron chi connectivity index (χ3n) is 5.89. The van der Waals surface area contributed by atoms with Gasteiger partial charge in [0.25, 0.3) is 5.91 Å². The number of nitrogens with one attached hydrogen (secondary N) is 1. The van der Waals surface area contributed by atoms with Gasteiger partial charge < -0.3 is 10.1 Å². The molecule has 0 aromatic heterocycles.